The van der Waals surface area contributed by atoms with Crippen molar-refractivity contribution in [2.24, 2.45) is 0 Å². The zero-order chi connectivity index (χ0) is 12.6. The molecule has 1 aromatic carbocycles. The first-order chi connectivity index (χ1) is 8.70. The molecule has 1 aliphatic heterocycles. The fourth-order valence-electron chi connectivity index (χ4n) is 3.01. The lowest BCUT2D eigenvalue weighted by Gasteiger charge is -2.22. The second-order valence-corrected chi connectivity index (χ2v) is 5.67. The molecule has 1 aliphatic carbocycles. The molecular weight excluding hydrogens is 224 g/mol. The lowest BCUT2D eigenvalue weighted by molar-refractivity contribution is 0.228. The summed E-state index contributed by atoms with van der Waals surface area (Å²) in [5.74, 6) is 0. The highest BCUT2D eigenvalue weighted by atomic mass is 16.2. The molecule has 18 heavy (non-hydrogen) atoms. The lowest BCUT2D eigenvalue weighted by Crippen LogP contribution is -2.29. The van der Waals surface area contributed by atoms with Gasteiger partial charge < -0.3 is 10.2 Å². The Hall–Kier alpha value is -1.51. The third-order valence-corrected chi connectivity index (χ3v) is 4.25. The van der Waals surface area contributed by atoms with Gasteiger partial charge in [-0.1, -0.05) is 37.0 Å². The van der Waals surface area contributed by atoms with Crippen molar-refractivity contribution in [1.29, 1.82) is 0 Å². The molecule has 2 amide bonds. The van der Waals surface area contributed by atoms with E-state index in [1.165, 1.54) is 37.7 Å². The van der Waals surface area contributed by atoms with Crippen LogP contribution in [0.4, 0.5) is 10.5 Å². The molecule has 0 bridgehead atoms. The topological polar surface area (TPSA) is 32.1 Å². The van der Waals surface area contributed by atoms with Gasteiger partial charge in [0.1, 0.15) is 0 Å². The molecule has 1 saturated heterocycles. The summed E-state index contributed by atoms with van der Waals surface area (Å²) in [6.07, 6.45) is 6.25. The molecule has 0 radical (unpaired) electrons. The highest BCUT2D eigenvalue weighted by Gasteiger charge is 2.54. The van der Waals surface area contributed by atoms with Crippen LogP contribution in [0.2, 0.25) is 0 Å². The van der Waals surface area contributed by atoms with Crippen molar-refractivity contribution in [3.8, 4) is 0 Å². The zero-order valence-corrected chi connectivity index (χ0v) is 10.9. The summed E-state index contributed by atoms with van der Waals surface area (Å²) in [6, 6.07) is 8.04. The van der Waals surface area contributed by atoms with E-state index in [9.17, 15) is 4.79 Å². The fourth-order valence-corrected chi connectivity index (χ4v) is 3.01. The van der Waals surface area contributed by atoms with Crippen LogP contribution in [-0.4, -0.2) is 23.0 Å². The normalized spacial score (nSPS) is 20.8. The van der Waals surface area contributed by atoms with Gasteiger partial charge in [0.2, 0.25) is 0 Å². The number of aryl methyl sites for hydroxylation is 1. The van der Waals surface area contributed by atoms with Crippen molar-refractivity contribution in [3.63, 3.8) is 0 Å². The number of hydrogen-bond donors (Lipinski definition) is 1. The van der Waals surface area contributed by atoms with Crippen LogP contribution in [0.3, 0.4) is 0 Å². The fraction of sp³-hybridized carbons (Fsp3) is 0.533. The Morgan fingerprint density at radius 2 is 1.83 bits per heavy atom. The molecule has 0 unspecified atom stereocenters. The van der Waals surface area contributed by atoms with E-state index >= 15 is 0 Å². The van der Waals surface area contributed by atoms with Crippen molar-refractivity contribution < 1.29 is 4.79 Å². The Labute approximate surface area is 108 Å². The van der Waals surface area contributed by atoms with Gasteiger partial charge in [-0.15, -0.1) is 0 Å². The highest BCUT2D eigenvalue weighted by Crippen LogP contribution is 2.45. The molecule has 0 atom stereocenters. The van der Waals surface area contributed by atoms with Crippen LogP contribution >= 0.6 is 0 Å². The standard InChI is InChI=1S/C15H20N2O/c1-12-5-7-13(8-6-12)16-14(18)17-11-15(17)9-3-2-4-10-15/h5-8H,2-4,9-11H2,1H3,(H,16,18). The zero-order valence-electron chi connectivity index (χ0n) is 10.9. The Morgan fingerprint density at radius 3 is 2.50 bits per heavy atom. The number of urea groups is 1. The Bertz CT molecular complexity index is 446. The molecule has 1 heterocycles. The second-order valence-electron chi connectivity index (χ2n) is 5.67. The van der Waals surface area contributed by atoms with E-state index in [-0.39, 0.29) is 11.6 Å². The minimum Gasteiger partial charge on any atom is -0.315 e. The smallest absolute Gasteiger partial charge is 0.315 e. The number of benzene rings is 1. The van der Waals surface area contributed by atoms with Crippen LogP contribution in [0, 0.1) is 6.92 Å². The minimum atomic E-state index is 0.0701. The van der Waals surface area contributed by atoms with Crippen LogP contribution in [0.1, 0.15) is 37.7 Å². The first kappa shape index (κ1) is 11.6. The number of carbonyl (C=O) groups is 1. The van der Waals surface area contributed by atoms with E-state index in [1.807, 2.05) is 36.1 Å². The monoisotopic (exact) mass is 244 g/mol. The summed E-state index contributed by atoms with van der Waals surface area (Å²) in [4.78, 5) is 14.2. The number of nitrogens with zero attached hydrogens (tertiary/aromatic N) is 1. The first-order valence-electron chi connectivity index (χ1n) is 6.85. The van der Waals surface area contributed by atoms with Crippen molar-refractivity contribution in [3.05, 3.63) is 29.8 Å². The molecular formula is C15H20N2O. The van der Waals surface area contributed by atoms with Crippen LogP contribution in [0.25, 0.3) is 0 Å². The van der Waals surface area contributed by atoms with Crippen molar-refractivity contribution in [2.45, 2.75) is 44.6 Å². The minimum absolute atomic E-state index is 0.0701. The van der Waals surface area contributed by atoms with Crippen molar-refractivity contribution >= 4 is 11.7 Å². The van der Waals surface area contributed by atoms with E-state index in [0.717, 1.165) is 12.2 Å². The highest BCUT2D eigenvalue weighted by molar-refractivity contribution is 5.91. The molecule has 1 saturated carbocycles. The SMILES string of the molecule is Cc1ccc(NC(=O)N2CC23CCCCC3)cc1. The maximum atomic E-state index is 12.1. The van der Waals surface area contributed by atoms with E-state index in [2.05, 4.69) is 5.32 Å². The predicted molar refractivity (Wildman–Crippen MR) is 72.7 cm³/mol. The van der Waals surface area contributed by atoms with Gasteiger partial charge in [-0.05, 0) is 31.9 Å². The largest absolute Gasteiger partial charge is 0.322 e. The summed E-state index contributed by atoms with van der Waals surface area (Å²) in [5, 5.41) is 2.99. The lowest BCUT2D eigenvalue weighted by atomic mass is 9.89. The molecule has 1 N–H and O–H groups in total. The third-order valence-electron chi connectivity index (χ3n) is 4.25. The second kappa shape index (κ2) is 4.30. The van der Waals surface area contributed by atoms with Gasteiger partial charge in [0, 0.05) is 12.2 Å². The number of nitrogens with one attached hydrogen (secondary N) is 1. The summed E-state index contributed by atoms with van der Waals surface area (Å²) in [5.41, 5.74) is 2.32. The average molecular weight is 244 g/mol. The van der Waals surface area contributed by atoms with Crippen LogP contribution < -0.4 is 5.32 Å². The average Bonchev–Trinajstić information content (AvgIpc) is 3.07. The van der Waals surface area contributed by atoms with Gasteiger partial charge in [0.05, 0.1) is 5.54 Å². The number of anilines is 1. The third kappa shape index (κ3) is 2.09. The van der Waals surface area contributed by atoms with Crippen LogP contribution in [-0.2, 0) is 0 Å². The van der Waals surface area contributed by atoms with Gasteiger partial charge in [0.15, 0.2) is 0 Å². The molecule has 0 aromatic heterocycles. The molecule has 2 fully saturated rings. The molecule has 96 valence electrons. The van der Waals surface area contributed by atoms with Crippen molar-refractivity contribution in [2.75, 3.05) is 11.9 Å². The van der Waals surface area contributed by atoms with E-state index in [1.54, 1.807) is 0 Å². The Morgan fingerprint density at radius 1 is 1.17 bits per heavy atom. The maximum Gasteiger partial charge on any atom is 0.322 e. The van der Waals surface area contributed by atoms with Crippen LogP contribution in [0.5, 0.6) is 0 Å². The molecule has 3 nitrogen and oxygen atoms in total. The molecule has 2 aliphatic rings. The maximum absolute atomic E-state index is 12.1. The summed E-state index contributed by atoms with van der Waals surface area (Å²) < 4.78 is 0. The van der Waals surface area contributed by atoms with Gasteiger partial charge in [-0.3, -0.25) is 0 Å². The number of rotatable bonds is 1. The summed E-state index contributed by atoms with van der Waals surface area (Å²) in [6.45, 7) is 3.00. The van der Waals surface area contributed by atoms with Gasteiger partial charge >= 0.3 is 6.03 Å². The quantitative estimate of drug-likeness (QED) is 0.753. The van der Waals surface area contributed by atoms with E-state index in [4.69, 9.17) is 0 Å². The number of carbonyl (C=O) groups excluding carboxylic acids is 1. The summed E-state index contributed by atoms with van der Waals surface area (Å²) in [7, 11) is 0. The van der Waals surface area contributed by atoms with E-state index < -0.39 is 0 Å². The number of amides is 2. The van der Waals surface area contributed by atoms with Crippen molar-refractivity contribution in [1.82, 2.24) is 4.90 Å². The molecule has 3 heteroatoms. The molecule has 3 rings (SSSR count). The predicted octanol–water partition coefficient (Wildman–Crippen LogP) is 3.55. The number of hydrogen-bond acceptors (Lipinski definition) is 1. The van der Waals surface area contributed by atoms with Gasteiger partial charge in [-0.25, -0.2) is 4.79 Å². The van der Waals surface area contributed by atoms with Gasteiger partial charge in [0.25, 0.3) is 0 Å². The Balaban J connectivity index is 1.61. The molecule has 1 aromatic rings. The first-order valence-corrected chi connectivity index (χ1v) is 6.85. The summed E-state index contributed by atoms with van der Waals surface area (Å²) >= 11 is 0. The molecule has 1 spiro atoms. The van der Waals surface area contributed by atoms with E-state index in [0.29, 0.717) is 0 Å². The van der Waals surface area contributed by atoms with Gasteiger partial charge in [-0.2, -0.15) is 0 Å². The Kier molecular flexibility index (Phi) is 2.77. The van der Waals surface area contributed by atoms with Crippen LogP contribution in [0.15, 0.2) is 24.3 Å².